The smallest absolute Gasteiger partial charge is 0.195 e. The third kappa shape index (κ3) is 3.03. The number of rotatable bonds is 1. The van der Waals surface area contributed by atoms with Gasteiger partial charge in [-0.15, -0.1) is 29.9 Å². The Morgan fingerprint density at radius 2 is 2.31 bits per heavy atom. The van der Waals surface area contributed by atoms with Crippen molar-refractivity contribution in [3.8, 4) is 11.8 Å². The molecular weight excluding hydrogens is 313 g/mol. The minimum Gasteiger partial charge on any atom is -0.345 e. The van der Waals surface area contributed by atoms with Crippen LogP contribution in [0.25, 0.3) is 0 Å². The van der Waals surface area contributed by atoms with Crippen LogP contribution in [0.1, 0.15) is 26.7 Å². The number of halogens is 1. The predicted molar refractivity (Wildman–Crippen MR) is 78.1 cm³/mol. The summed E-state index contributed by atoms with van der Waals surface area (Å²) in [4.78, 5) is 6.97. The highest BCUT2D eigenvalue weighted by molar-refractivity contribution is 14.0. The van der Waals surface area contributed by atoms with Crippen LogP contribution >= 0.6 is 24.0 Å². The Kier molecular flexibility index (Phi) is 5.39. The van der Waals surface area contributed by atoms with Gasteiger partial charge in [0.1, 0.15) is 0 Å². The molecule has 0 bridgehead atoms. The van der Waals surface area contributed by atoms with Crippen molar-refractivity contribution in [1.29, 1.82) is 0 Å². The van der Waals surface area contributed by atoms with E-state index in [1.54, 1.807) is 0 Å². The van der Waals surface area contributed by atoms with Gasteiger partial charge in [-0.25, -0.2) is 0 Å². The summed E-state index contributed by atoms with van der Waals surface area (Å²) < 4.78 is 0. The minimum absolute atomic E-state index is 0. The van der Waals surface area contributed by atoms with Crippen molar-refractivity contribution in [3.05, 3.63) is 0 Å². The summed E-state index contributed by atoms with van der Waals surface area (Å²) in [6.45, 7) is 7.01. The molecule has 3 nitrogen and oxygen atoms in total. The zero-order chi connectivity index (χ0) is 10.7. The maximum Gasteiger partial charge on any atom is 0.195 e. The lowest BCUT2D eigenvalue weighted by molar-refractivity contribution is 0.211. The summed E-state index contributed by atoms with van der Waals surface area (Å²) >= 11 is 0. The van der Waals surface area contributed by atoms with Crippen LogP contribution in [0.4, 0.5) is 0 Å². The molecule has 1 fully saturated rings. The second-order valence-corrected chi connectivity index (χ2v) is 4.43. The molecule has 16 heavy (non-hydrogen) atoms. The highest BCUT2D eigenvalue weighted by Gasteiger charge is 2.32. The fourth-order valence-electron chi connectivity index (χ4n) is 2.31. The van der Waals surface area contributed by atoms with E-state index in [1.807, 2.05) is 6.92 Å². The number of piperidine rings is 1. The van der Waals surface area contributed by atoms with Gasteiger partial charge in [0.2, 0.25) is 0 Å². The van der Waals surface area contributed by atoms with Crippen molar-refractivity contribution < 1.29 is 0 Å². The molecule has 90 valence electrons. The van der Waals surface area contributed by atoms with Crippen LogP contribution in [0.5, 0.6) is 0 Å². The van der Waals surface area contributed by atoms with Gasteiger partial charge in [-0.1, -0.05) is 12.8 Å². The van der Waals surface area contributed by atoms with E-state index in [2.05, 4.69) is 34.0 Å². The third-order valence-electron chi connectivity index (χ3n) is 3.18. The Bertz CT molecular complexity index is 316. The quantitative estimate of drug-likeness (QED) is 0.584. The SMILES string of the molecule is CC#CCNC1=NCC2CCC(C)CN12.I. The standard InChI is InChI=1S/C12H19N3.HI/c1-3-4-7-13-12-14-8-11-6-5-10(2)9-15(11)12;/h10-11H,5-9H2,1-2H3,(H,13,14);1H. The van der Waals surface area contributed by atoms with Crippen molar-refractivity contribution in [2.75, 3.05) is 19.6 Å². The van der Waals surface area contributed by atoms with E-state index in [1.165, 1.54) is 12.8 Å². The minimum atomic E-state index is 0. The van der Waals surface area contributed by atoms with Gasteiger partial charge in [0.05, 0.1) is 19.1 Å². The first-order valence-electron chi connectivity index (χ1n) is 5.76. The molecule has 2 aliphatic heterocycles. The van der Waals surface area contributed by atoms with Gasteiger partial charge in [0, 0.05) is 6.54 Å². The van der Waals surface area contributed by atoms with Gasteiger partial charge in [-0.3, -0.25) is 4.99 Å². The highest BCUT2D eigenvalue weighted by Crippen LogP contribution is 2.24. The van der Waals surface area contributed by atoms with E-state index in [-0.39, 0.29) is 24.0 Å². The van der Waals surface area contributed by atoms with Gasteiger partial charge in [0.25, 0.3) is 0 Å². The number of fused-ring (bicyclic) bond motifs is 1. The summed E-state index contributed by atoms with van der Waals surface area (Å²) in [6.07, 6.45) is 2.63. The van der Waals surface area contributed by atoms with E-state index in [0.717, 1.165) is 25.0 Å². The molecule has 0 radical (unpaired) electrons. The fraction of sp³-hybridized carbons (Fsp3) is 0.750. The molecule has 4 heteroatoms. The Labute approximate surface area is 115 Å². The van der Waals surface area contributed by atoms with Crippen LogP contribution < -0.4 is 5.32 Å². The zero-order valence-corrected chi connectivity index (χ0v) is 12.3. The second kappa shape index (κ2) is 6.33. The van der Waals surface area contributed by atoms with Crippen molar-refractivity contribution in [3.63, 3.8) is 0 Å². The molecule has 0 amide bonds. The number of guanidine groups is 1. The second-order valence-electron chi connectivity index (χ2n) is 4.43. The number of hydrogen-bond donors (Lipinski definition) is 1. The summed E-state index contributed by atoms with van der Waals surface area (Å²) in [5.41, 5.74) is 0. The first kappa shape index (κ1) is 13.6. The molecule has 1 saturated heterocycles. The molecule has 0 saturated carbocycles. The number of nitrogens with zero attached hydrogens (tertiary/aromatic N) is 2. The molecule has 2 unspecified atom stereocenters. The molecule has 0 aromatic carbocycles. The fourth-order valence-corrected chi connectivity index (χ4v) is 2.31. The van der Waals surface area contributed by atoms with Crippen molar-refractivity contribution in [1.82, 2.24) is 10.2 Å². The highest BCUT2D eigenvalue weighted by atomic mass is 127. The van der Waals surface area contributed by atoms with Gasteiger partial charge in [0.15, 0.2) is 5.96 Å². The maximum absolute atomic E-state index is 4.55. The number of nitrogens with one attached hydrogen (secondary N) is 1. The molecule has 0 aromatic rings. The first-order chi connectivity index (χ1) is 7.31. The average Bonchev–Trinajstić information content (AvgIpc) is 2.62. The summed E-state index contributed by atoms with van der Waals surface area (Å²) in [6, 6.07) is 0.651. The monoisotopic (exact) mass is 333 g/mol. The van der Waals surface area contributed by atoms with Crippen LogP contribution in [0.2, 0.25) is 0 Å². The van der Waals surface area contributed by atoms with Crippen LogP contribution in [0.3, 0.4) is 0 Å². The van der Waals surface area contributed by atoms with Crippen molar-refractivity contribution in [2.24, 2.45) is 10.9 Å². The molecule has 2 atom stereocenters. The molecular formula is C12H20IN3. The zero-order valence-electron chi connectivity index (χ0n) is 9.99. The van der Waals surface area contributed by atoms with E-state index in [9.17, 15) is 0 Å². The van der Waals surface area contributed by atoms with Gasteiger partial charge < -0.3 is 10.2 Å². The van der Waals surface area contributed by atoms with Gasteiger partial charge in [-0.2, -0.15) is 0 Å². The van der Waals surface area contributed by atoms with E-state index in [0.29, 0.717) is 12.6 Å². The maximum atomic E-state index is 4.55. The molecule has 2 aliphatic rings. The molecule has 1 N–H and O–H groups in total. The van der Waals surface area contributed by atoms with Gasteiger partial charge >= 0.3 is 0 Å². The Balaban J connectivity index is 0.00000128. The van der Waals surface area contributed by atoms with Crippen LogP contribution in [-0.2, 0) is 0 Å². The molecule has 2 heterocycles. The van der Waals surface area contributed by atoms with Gasteiger partial charge in [-0.05, 0) is 25.7 Å². The summed E-state index contributed by atoms with van der Waals surface area (Å²) in [5, 5.41) is 3.30. The van der Waals surface area contributed by atoms with Crippen molar-refractivity contribution >= 4 is 29.9 Å². The topological polar surface area (TPSA) is 27.6 Å². The normalized spacial score (nSPS) is 27.1. The summed E-state index contributed by atoms with van der Waals surface area (Å²) in [5.74, 6) is 7.76. The third-order valence-corrected chi connectivity index (χ3v) is 3.18. The lowest BCUT2D eigenvalue weighted by Crippen LogP contribution is -2.48. The van der Waals surface area contributed by atoms with E-state index in [4.69, 9.17) is 0 Å². The first-order valence-corrected chi connectivity index (χ1v) is 5.76. The van der Waals surface area contributed by atoms with Crippen LogP contribution in [0, 0.1) is 17.8 Å². The van der Waals surface area contributed by atoms with Crippen LogP contribution in [-0.4, -0.2) is 36.5 Å². The predicted octanol–water partition coefficient (Wildman–Crippen LogP) is 1.69. The summed E-state index contributed by atoms with van der Waals surface area (Å²) in [7, 11) is 0. The Morgan fingerprint density at radius 1 is 1.50 bits per heavy atom. The lowest BCUT2D eigenvalue weighted by Gasteiger charge is -2.35. The largest absolute Gasteiger partial charge is 0.345 e. The van der Waals surface area contributed by atoms with Crippen LogP contribution in [0.15, 0.2) is 4.99 Å². The van der Waals surface area contributed by atoms with E-state index >= 15 is 0 Å². The van der Waals surface area contributed by atoms with E-state index < -0.39 is 0 Å². The van der Waals surface area contributed by atoms with Crippen molar-refractivity contribution in [2.45, 2.75) is 32.7 Å². The Hall–Kier alpha value is -0.440. The molecule has 2 rings (SSSR count). The molecule has 0 spiro atoms. The molecule has 0 aliphatic carbocycles. The lowest BCUT2D eigenvalue weighted by atomic mass is 9.95. The number of hydrogen-bond acceptors (Lipinski definition) is 3. The molecule has 0 aromatic heterocycles. The number of aliphatic imine (C=N–C) groups is 1. The average molecular weight is 333 g/mol. The Morgan fingerprint density at radius 3 is 3.06 bits per heavy atom.